The second-order valence-corrected chi connectivity index (χ2v) is 7.68. The van der Waals surface area contributed by atoms with Gasteiger partial charge >= 0.3 is 0 Å². The molecule has 1 aliphatic heterocycles. The summed E-state index contributed by atoms with van der Waals surface area (Å²) in [5, 5.41) is 2.80. The van der Waals surface area contributed by atoms with Crippen molar-refractivity contribution in [2.75, 3.05) is 13.2 Å². The molecule has 0 bridgehead atoms. The molecule has 0 saturated carbocycles. The minimum absolute atomic E-state index is 0.224. The Kier molecular flexibility index (Phi) is 6.01. The molecule has 1 heterocycles. The number of hydrogen-bond acceptors (Lipinski definition) is 4. The van der Waals surface area contributed by atoms with Gasteiger partial charge in [-0.25, -0.2) is 0 Å². The molecule has 29 heavy (non-hydrogen) atoms. The van der Waals surface area contributed by atoms with E-state index >= 15 is 0 Å². The number of carbonyl (C=O) groups is 3. The highest BCUT2D eigenvalue weighted by Crippen LogP contribution is 2.27. The third kappa shape index (κ3) is 4.31. The van der Waals surface area contributed by atoms with Crippen LogP contribution in [0, 0.1) is 19.8 Å². The van der Waals surface area contributed by atoms with Gasteiger partial charge in [0.15, 0.2) is 0 Å². The van der Waals surface area contributed by atoms with Gasteiger partial charge in [-0.05, 0) is 55.2 Å². The van der Waals surface area contributed by atoms with Crippen molar-refractivity contribution >= 4 is 17.7 Å². The molecule has 0 aliphatic carbocycles. The fraction of sp³-hybridized carbons (Fsp3) is 0.348. The fourth-order valence-corrected chi connectivity index (χ4v) is 3.64. The minimum atomic E-state index is -0.872. The van der Waals surface area contributed by atoms with Crippen LogP contribution >= 0.6 is 0 Å². The van der Waals surface area contributed by atoms with Crippen molar-refractivity contribution in [3.05, 3.63) is 64.7 Å². The maximum absolute atomic E-state index is 12.8. The first-order valence-corrected chi connectivity index (χ1v) is 9.75. The van der Waals surface area contributed by atoms with Gasteiger partial charge in [-0.2, -0.15) is 0 Å². The SMILES string of the molecule is Cc1cc(C)cc(OCCNC(=O)[C@H](C(C)C)N2C(=O)c3ccccc3C2=O)c1. The number of nitrogens with one attached hydrogen (secondary N) is 1. The maximum atomic E-state index is 12.8. The minimum Gasteiger partial charge on any atom is -0.492 e. The number of nitrogens with zero attached hydrogens (tertiary/aromatic N) is 1. The molecule has 0 unspecified atom stereocenters. The molecule has 0 aromatic heterocycles. The fourth-order valence-electron chi connectivity index (χ4n) is 3.64. The van der Waals surface area contributed by atoms with Gasteiger partial charge < -0.3 is 10.1 Å². The molecule has 6 heteroatoms. The summed E-state index contributed by atoms with van der Waals surface area (Å²) in [6.07, 6.45) is 0. The van der Waals surface area contributed by atoms with Crippen LogP contribution in [0.4, 0.5) is 0 Å². The molecule has 1 atom stereocenters. The molecular weight excluding hydrogens is 368 g/mol. The quantitative estimate of drug-likeness (QED) is 0.578. The number of aryl methyl sites for hydroxylation is 2. The number of carbonyl (C=O) groups excluding carboxylic acids is 3. The van der Waals surface area contributed by atoms with E-state index in [-0.39, 0.29) is 18.4 Å². The zero-order valence-corrected chi connectivity index (χ0v) is 17.2. The van der Waals surface area contributed by atoms with E-state index in [1.54, 1.807) is 24.3 Å². The topological polar surface area (TPSA) is 75.7 Å². The number of hydrogen-bond donors (Lipinski definition) is 1. The van der Waals surface area contributed by atoms with E-state index in [0.717, 1.165) is 21.8 Å². The third-order valence-corrected chi connectivity index (χ3v) is 4.87. The Labute approximate surface area is 170 Å². The Morgan fingerprint density at radius 3 is 2.07 bits per heavy atom. The van der Waals surface area contributed by atoms with Crippen molar-refractivity contribution in [2.24, 2.45) is 5.92 Å². The van der Waals surface area contributed by atoms with E-state index in [1.807, 2.05) is 39.8 Å². The summed E-state index contributed by atoms with van der Waals surface area (Å²) < 4.78 is 5.71. The number of fused-ring (bicyclic) bond motifs is 1. The highest BCUT2D eigenvalue weighted by Gasteiger charge is 2.43. The lowest BCUT2D eigenvalue weighted by atomic mass is 10.0. The largest absolute Gasteiger partial charge is 0.492 e. The number of imide groups is 1. The lowest BCUT2D eigenvalue weighted by Gasteiger charge is -2.28. The molecule has 0 fully saturated rings. The van der Waals surface area contributed by atoms with Gasteiger partial charge in [0.2, 0.25) is 5.91 Å². The number of ether oxygens (including phenoxy) is 1. The van der Waals surface area contributed by atoms with Gasteiger partial charge in [-0.15, -0.1) is 0 Å². The smallest absolute Gasteiger partial charge is 0.262 e. The van der Waals surface area contributed by atoms with Crippen molar-refractivity contribution in [1.29, 1.82) is 0 Å². The lowest BCUT2D eigenvalue weighted by Crippen LogP contribution is -2.52. The average molecular weight is 394 g/mol. The number of rotatable bonds is 7. The molecule has 1 N–H and O–H groups in total. The van der Waals surface area contributed by atoms with Gasteiger partial charge in [0.05, 0.1) is 17.7 Å². The van der Waals surface area contributed by atoms with Crippen LogP contribution in [0.15, 0.2) is 42.5 Å². The van der Waals surface area contributed by atoms with Crippen LogP contribution in [-0.2, 0) is 4.79 Å². The first kappa shape index (κ1) is 20.6. The van der Waals surface area contributed by atoms with Crippen LogP contribution < -0.4 is 10.1 Å². The van der Waals surface area contributed by atoms with Crippen LogP contribution in [0.2, 0.25) is 0 Å². The predicted molar refractivity (Wildman–Crippen MR) is 110 cm³/mol. The van der Waals surface area contributed by atoms with E-state index in [9.17, 15) is 14.4 Å². The molecule has 152 valence electrons. The van der Waals surface area contributed by atoms with Crippen LogP contribution in [-0.4, -0.2) is 41.8 Å². The standard InChI is InChI=1S/C23H26N2O4/c1-14(2)20(25-22(27)18-7-5-6-8-19(18)23(25)28)21(26)24-9-10-29-17-12-15(3)11-16(4)13-17/h5-8,11-14,20H,9-10H2,1-4H3,(H,24,26)/t20-/m0/s1. The highest BCUT2D eigenvalue weighted by molar-refractivity contribution is 6.22. The Bertz CT molecular complexity index is 896. The Morgan fingerprint density at radius 2 is 1.55 bits per heavy atom. The molecule has 6 nitrogen and oxygen atoms in total. The summed E-state index contributed by atoms with van der Waals surface area (Å²) >= 11 is 0. The van der Waals surface area contributed by atoms with E-state index in [4.69, 9.17) is 4.74 Å². The molecule has 0 saturated heterocycles. The summed E-state index contributed by atoms with van der Waals surface area (Å²) in [6, 6.07) is 11.7. The Morgan fingerprint density at radius 1 is 1.00 bits per heavy atom. The summed E-state index contributed by atoms with van der Waals surface area (Å²) in [6.45, 7) is 8.20. The second-order valence-electron chi connectivity index (χ2n) is 7.68. The second kappa shape index (κ2) is 8.47. The summed E-state index contributed by atoms with van der Waals surface area (Å²) in [7, 11) is 0. The Hall–Kier alpha value is -3.15. The maximum Gasteiger partial charge on any atom is 0.262 e. The summed E-state index contributed by atoms with van der Waals surface area (Å²) in [5.74, 6) is -0.689. The first-order chi connectivity index (χ1) is 13.8. The average Bonchev–Trinajstić information content (AvgIpc) is 2.90. The van der Waals surface area contributed by atoms with Crippen molar-refractivity contribution in [3.8, 4) is 5.75 Å². The normalized spacial score (nSPS) is 14.2. The lowest BCUT2D eigenvalue weighted by molar-refractivity contribution is -0.126. The third-order valence-electron chi connectivity index (χ3n) is 4.87. The van der Waals surface area contributed by atoms with Gasteiger partial charge in [0, 0.05) is 0 Å². The van der Waals surface area contributed by atoms with Gasteiger partial charge in [0.25, 0.3) is 11.8 Å². The van der Waals surface area contributed by atoms with Crippen molar-refractivity contribution in [3.63, 3.8) is 0 Å². The predicted octanol–water partition coefficient (Wildman–Crippen LogP) is 3.12. The number of benzene rings is 2. The van der Waals surface area contributed by atoms with Crippen molar-refractivity contribution < 1.29 is 19.1 Å². The zero-order chi connectivity index (χ0) is 21.1. The van der Waals surface area contributed by atoms with Gasteiger partial charge in [0.1, 0.15) is 18.4 Å². The number of amides is 3. The molecule has 2 aromatic carbocycles. The molecule has 0 radical (unpaired) electrons. The van der Waals surface area contributed by atoms with E-state index in [0.29, 0.717) is 17.7 Å². The highest BCUT2D eigenvalue weighted by atomic mass is 16.5. The van der Waals surface area contributed by atoms with E-state index in [1.165, 1.54) is 0 Å². The molecule has 0 spiro atoms. The van der Waals surface area contributed by atoms with Crippen LogP contribution in [0.25, 0.3) is 0 Å². The van der Waals surface area contributed by atoms with Crippen LogP contribution in [0.5, 0.6) is 5.75 Å². The van der Waals surface area contributed by atoms with Crippen molar-refractivity contribution in [1.82, 2.24) is 10.2 Å². The van der Waals surface area contributed by atoms with E-state index < -0.39 is 17.9 Å². The molecule has 1 aliphatic rings. The monoisotopic (exact) mass is 394 g/mol. The molecule has 3 rings (SSSR count). The molecule has 3 amide bonds. The summed E-state index contributed by atoms with van der Waals surface area (Å²) in [4.78, 5) is 39.4. The van der Waals surface area contributed by atoms with E-state index in [2.05, 4.69) is 11.4 Å². The van der Waals surface area contributed by atoms with Gasteiger partial charge in [-0.1, -0.05) is 32.0 Å². The molecule has 2 aromatic rings. The van der Waals surface area contributed by atoms with Crippen LogP contribution in [0.1, 0.15) is 45.7 Å². The van der Waals surface area contributed by atoms with Crippen LogP contribution in [0.3, 0.4) is 0 Å². The summed E-state index contributed by atoms with van der Waals surface area (Å²) in [5.41, 5.74) is 2.90. The molecular formula is C23H26N2O4. The van der Waals surface area contributed by atoms with Gasteiger partial charge in [-0.3, -0.25) is 19.3 Å². The van der Waals surface area contributed by atoms with Crippen molar-refractivity contribution in [2.45, 2.75) is 33.7 Å². The zero-order valence-electron chi connectivity index (χ0n) is 17.2. The first-order valence-electron chi connectivity index (χ1n) is 9.75. The Balaban J connectivity index is 1.63.